The topological polar surface area (TPSA) is 100 Å². The van der Waals surface area contributed by atoms with E-state index in [1.165, 1.54) is 13.1 Å². The van der Waals surface area contributed by atoms with Crippen LogP contribution in [0.1, 0.15) is 17.3 Å². The predicted octanol–water partition coefficient (Wildman–Crippen LogP) is 2.51. The van der Waals surface area contributed by atoms with Crippen LogP contribution < -0.4 is 15.4 Å². The van der Waals surface area contributed by atoms with Gasteiger partial charge in [0, 0.05) is 35.8 Å². The molecule has 3 N–H and O–H groups in total. The number of carbonyl (C=O) groups excluding carboxylic acids is 3. The molecular formula is C22H19N3O4. The van der Waals surface area contributed by atoms with Crippen LogP contribution in [0.25, 0.3) is 10.9 Å². The standard InChI is InChI=1S/C22H19N3O4/c1-15(26)25-16-7-6-8-17(13-16)29-12-5-4-11-23-22(28)21(27)19-14-24-20-10-3-2-9-18(19)20/h2-3,6-10,13-14,24H,11-12H2,1H3,(H,23,28)(H,25,26). The Labute approximate surface area is 167 Å². The normalized spacial score (nSPS) is 9.97. The fraction of sp³-hybridized carbons (Fsp3) is 0.136. The highest BCUT2D eigenvalue weighted by molar-refractivity contribution is 6.45. The van der Waals surface area contributed by atoms with E-state index in [2.05, 4.69) is 27.5 Å². The Morgan fingerprint density at radius 3 is 2.72 bits per heavy atom. The molecule has 2 aromatic carbocycles. The van der Waals surface area contributed by atoms with E-state index in [1.807, 2.05) is 18.2 Å². The number of Topliss-reactive ketones (excluding diaryl/α,β-unsaturated/α-hetero) is 1. The van der Waals surface area contributed by atoms with Gasteiger partial charge >= 0.3 is 0 Å². The fourth-order valence-electron chi connectivity index (χ4n) is 2.69. The number of fused-ring (bicyclic) bond motifs is 1. The third-order valence-corrected chi connectivity index (χ3v) is 3.97. The number of hydrogen-bond acceptors (Lipinski definition) is 4. The zero-order chi connectivity index (χ0) is 20.6. The summed E-state index contributed by atoms with van der Waals surface area (Å²) in [4.78, 5) is 38.4. The van der Waals surface area contributed by atoms with Crippen molar-refractivity contribution in [2.75, 3.05) is 18.5 Å². The van der Waals surface area contributed by atoms with E-state index in [0.29, 0.717) is 22.4 Å². The Hall–Kier alpha value is -4.05. The van der Waals surface area contributed by atoms with E-state index in [9.17, 15) is 14.4 Å². The molecule has 0 fully saturated rings. The van der Waals surface area contributed by atoms with Crippen molar-refractivity contribution in [1.29, 1.82) is 0 Å². The third kappa shape index (κ3) is 5.23. The van der Waals surface area contributed by atoms with E-state index in [4.69, 9.17) is 4.74 Å². The summed E-state index contributed by atoms with van der Waals surface area (Å²) in [5.74, 6) is 4.56. The number of nitrogens with one attached hydrogen (secondary N) is 3. The molecule has 0 aliphatic rings. The zero-order valence-corrected chi connectivity index (χ0v) is 15.7. The lowest BCUT2D eigenvalue weighted by molar-refractivity contribution is -0.116. The van der Waals surface area contributed by atoms with Gasteiger partial charge < -0.3 is 20.4 Å². The summed E-state index contributed by atoms with van der Waals surface area (Å²) in [6.07, 6.45) is 1.53. The minimum absolute atomic E-state index is 0.0300. The van der Waals surface area contributed by atoms with E-state index in [0.717, 1.165) is 5.52 Å². The highest BCUT2D eigenvalue weighted by atomic mass is 16.5. The van der Waals surface area contributed by atoms with Crippen LogP contribution in [0.3, 0.4) is 0 Å². The molecule has 2 amide bonds. The van der Waals surface area contributed by atoms with Crippen molar-refractivity contribution in [2.24, 2.45) is 0 Å². The lowest BCUT2D eigenvalue weighted by atomic mass is 10.1. The van der Waals surface area contributed by atoms with Gasteiger partial charge in [-0.1, -0.05) is 36.1 Å². The first-order valence-electron chi connectivity index (χ1n) is 8.89. The minimum atomic E-state index is -0.715. The number of carbonyl (C=O) groups is 3. The van der Waals surface area contributed by atoms with Gasteiger partial charge in [-0.05, 0) is 18.2 Å². The summed E-state index contributed by atoms with van der Waals surface area (Å²) >= 11 is 0. The van der Waals surface area contributed by atoms with E-state index < -0.39 is 11.7 Å². The lowest BCUT2D eigenvalue weighted by Crippen LogP contribution is -2.31. The summed E-state index contributed by atoms with van der Waals surface area (Å²) in [5.41, 5.74) is 1.75. The van der Waals surface area contributed by atoms with Gasteiger partial charge in [0.2, 0.25) is 5.91 Å². The molecule has 7 heteroatoms. The molecule has 0 saturated heterocycles. The van der Waals surface area contributed by atoms with Crippen molar-refractivity contribution in [3.8, 4) is 17.6 Å². The van der Waals surface area contributed by atoms with Crippen molar-refractivity contribution < 1.29 is 19.1 Å². The number of aromatic amines is 1. The van der Waals surface area contributed by atoms with Crippen LogP contribution in [0.2, 0.25) is 0 Å². The SMILES string of the molecule is CC(=O)Nc1cccc(OCC#CCNC(=O)C(=O)c2c[nH]c3ccccc23)c1. The second-order valence-corrected chi connectivity index (χ2v) is 6.11. The molecule has 0 spiro atoms. The Morgan fingerprint density at radius 1 is 1.07 bits per heavy atom. The van der Waals surface area contributed by atoms with Crippen molar-refractivity contribution in [3.05, 3.63) is 60.3 Å². The Balaban J connectivity index is 1.47. The van der Waals surface area contributed by atoms with Crippen LogP contribution in [0.15, 0.2) is 54.7 Å². The van der Waals surface area contributed by atoms with Crippen LogP contribution in [0, 0.1) is 11.8 Å². The molecule has 3 rings (SSSR count). The number of ether oxygens (including phenoxy) is 1. The molecule has 7 nitrogen and oxygen atoms in total. The van der Waals surface area contributed by atoms with E-state index >= 15 is 0 Å². The summed E-state index contributed by atoms with van der Waals surface area (Å²) < 4.78 is 5.48. The number of para-hydroxylation sites is 1. The van der Waals surface area contributed by atoms with E-state index in [1.54, 1.807) is 30.3 Å². The smallest absolute Gasteiger partial charge is 0.293 e. The summed E-state index contributed by atoms with van der Waals surface area (Å²) in [6.45, 7) is 1.56. The highest BCUT2D eigenvalue weighted by Crippen LogP contribution is 2.18. The van der Waals surface area contributed by atoms with Crippen molar-refractivity contribution in [2.45, 2.75) is 6.92 Å². The molecule has 3 aromatic rings. The van der Waals surface area contributed by atoms with Gasteiger partial charge in [-0.15, -0.1) is 0 Å². The number of anilines is 1. The second-order valence-electron chi connectivity index (χ2n) is 6.11. The number of benzene rings is 2. The van der Waals surface area contributed by atoms with Gasteiger partial charge in [0.25, 0.3) is 11.7 Å². The number of H-pyrrole nitrogens is 1. The van der Waals surface area contributed by atoms with Crippen molar-refractivity contribution in [1.82, 2.24) is 10.3 Å². The lowest BCUT2D eigenvalue weighted by Gasteiger charge is -2.05. The number of ketones is 1. The first-order chi connectivity index (χ1) is 14.0. The molecule has 0 unspecified atom stereocenters. The number of hydrogen-bond donors (Lipinski definition) is 3. The Bertz CT molecular complexity index is 1120. The maximum Gasteiger partial charge on any atom is 0.293 e. The average Bonchev–Trinajstić information content (AvgIpc) is 3.13. The van der Waals surface area contributed by atoms with Crippen LogP contribution in [-0.4, -0.2) is 35.7 Å². The Morgan fingerprint density at radius 2 is 1.90 bits per heavy atom. The third-order valence-electron chi connectivity index (χ3n) is 3.97. The van der Waals surface area contributed by atoms with Gasteiger partial charge in [0.1, 0.15) is 12.4 Å². The first kappa shape index (κ1) is 19.7. The van der Waals surface area contributed by atoms with Gasteiger partial charge in [-0.25, -0.2) is 0 Å². The average molecular weight is 389 g/mol. The zero-order valence-electron chi connectivity index (χ0n) is 15.7. The van der Waals surface area contributed by atoms with Crippen molar-refractivity contribution >= 4 is 34.2 Å². The summed E-state index contributed by atoms with van der Waals surface area (Å²) in [6, 6.07) is 14.2. The van der Waals surface area contributed by atoms with Crippen LogP contribution in [0.4, 0.5) is 5.69 Å². The molecule has 1 aromatic heterocycles. The predicted molar refractivity (Wildman–Crippen MR) is 110 cm³/mol. The van der Waals surface area contributed by atoms with Gasteiger partial charge in [-0.3, -0.25) is 14.4 Å². The molecule has 0 aliphatic carbocycles. The second kappa shape index (κ2) is 9.24. The summed E-state index contributed by atoms with van der Waals surface area (Å²) in [5, 5.41) is 5.85. The van der Waals surface area contributed by atoms with Crippen LogP contribution >= 0.6 is 0 Å². The molecular weight excluding hydrogens is 370 g/mol. The number of amides is 2. The van der Waals surface area contributed by atoms with Crippen molar-refractivity contribution in [3.63, 3.8) is 0 Å². The largest absolute Gasteiger partial charge is 0.481 e. The fourth-order valence-corrected chi connectivity index (χ4v) is 2.69. The van der Waals surface area contributed by atoms with Crippen LogP contribution in [-0.2, 0) is 9.59 Å². The molecule has 146 valence electrons. The van der Waals surface area contributed by atoms with Gasteiger partial charge in [0.15, 0.2) is 0 Å². The molecule has 0 radical (unpaired) electrons. The summed E-state index contributed by atoms with van der Waals surface area (Å²) in [7, 11) is 0. The molecule has 1 heterocycles. The molecule has 0 atom stereocenters. The molecule has 0 bridgehead atoms. The molecule has 0 saturated carbocycles. The molecule has 29 heavy (non-hydrogen) atoms. The first-order valence-corrected chi connectivity index (χ1v) is 8.89. The monoisotopic (exact) mass is 389 g/mol. The number of rotatable bonds is 6. The van der Waals surface area contributed by atoms with Crippen LogP contribution in [0.5, 0.6) is 5.75 Å². The maximum absolute atomic E-state index is 12.3. The minimum Gasteiger partial charge on any atom is -0.481 e. The van der Waals surface area contributed by atoms with Gasteiger partial charge in [-0.2, -0.15) is 0 Å². The maximum atomic E-state index is 12.3. The van der Waals surface area contributed by atoms with Gasteiger partial charge in [0.05, 0.1) is 12.1 Å². The number of aromatic nitrogens is 1. The van der Waals surface area contributed by atoms with E-state index in [-0.39, 0.29) is 19.1 Å². The Kier molecular flexibility index (Phi) is 6.28. The highest BCUT2D eigenvalue weighted by Gasteiger charge is 2.18. The molecule has 0 aliphatic heterocycles. The quantitative estimate of drug-likeness (QED) is 0.343.